The number of hydrogen-bond acceptors (Lipinski definition) is 3. The van der Waals surface area contributed by atoms with E-state index in [2.05, 4.69) is 18.1 Å². The summed E-state index contributed by atoms with van der Waals surface area (Å²) in [4.78, 5) is 11.5. The second-order valence-corrected chi connectivity index (χ2v) is 6.25. The van der Waals surface area contributed by atoms with Crippen LogP contribution in [0.15, 0.2) is 48.7 Å². The Morgan fingerprint density at radius 3 is 2.79 bits per heavy atom. The summed E-state index contributed by atoms with van der Waals surface area (Å²) in [5.74, 6) is 0.974. The molecule has 3 aromatic rings. The van der Waals surface area contributed by atoms with Crippen molar-refractivity contribution in [3.63, 3.8) is 0 Å². The van der Waals surface area contributed by atoms with E-state index in [1.807, 2.05) is 43.3 Å². The number of hydrogen-bond donors (Lipinski definition) is 0. The minimum atomic E-state index is 0.196. The fourth-order valence-electron chi connectivity index (χ4n) is 3.27. The van der Waals surface area contributed by atoms with Crippen molar-refractivity contribution in [2.45, 2.75) is 26.4 Å². The van der Waals surface area contributed by atoms with Gasteiger partial charge in [-0.15, -0.1) is 0 Å². The van der Waals surface area contributed by atoms with E-state index in [1.165, 1.54) is 5.56 Å². The number of rotatable bonds is 3. The Hall–Kier alpha value is -2.88. The van der Waals surface area contributed by atoms with Crippen LogP contribution >= 0.6 is 0 Å². The zero-order valence-corrected chi connectivity index (χ0v) is 13.7. The summed E-state index contributed by atoms with van der Waals surface area (Å²) in [5, 5.41) is 4.65. The molecule has 0 unspecified atom stereocenters. The maximum absolute atomic E-state index is 11.5. The maximum Gasteiger partial charge on any atom is 0.153 e. The van der Waals surface area contributed by atoms with Crippen molar-refractivity contribution in [3.05, 3.63) is 65.4 Å². The third-order valence-electron chi connectivity index (χ3n) is 4.34. The van der Waals surface area contributed by atoms with Crippen molar-refractivity contribution in [1.29, 1.82) is 0 Å². The van der Waals surface area contributed by atoms with E-state index >= 15 is 0 Å². The monoisotopic (exact) mass is 318 g/mol. The summed E-state index contributed by atoms with van der Waals surface area (Å²) in [6.07, 6.45) is 3.73. The Bertz CT molecular complexity index is 913. The summed E-state index contributed by atoms with van der Waals surface area (Å²) in [5.41, 5.74) is 5.45. The number of benzene rings is 2. The van der Waals surface area contributed by atoms with E-state index in [9.17, 15) is 4.79 Å². The van der Waals surface area contributed by atoms with Gasteiger partial charge in [0, 0.05) is 18.2 Å². The topological polar surface area (TPSA) is 44.1 Å². The standard InChI is InChI=1S/C20H18N2O2/c1-13-8-15(10-16-9-14(2)24-20(13)16)19-17(12-23)11-22(21-19)18-6-4-3-5-7-18/h3-8,10-12,14H,9H2,1-2H3/t14-/m0/s1. The normalized spacial score (nSPS) is 15.8. The summed E-state index contributed by atoms with van der Waals surface area (Å²) in [6, 6.07) is 13.9. The molecular weight excluding hydrogens is 300 g/mol. The zero-order chi connectivity index (χ0) is 16.7. The van der Waals surface area contributed by atoms with E-state index < -0.39 is 0 Å². The second kappa shape index (κ2) is 5.64. The van der Waals surface area contributed by atoms with Crippen LogP contribution in [0, 0.1) is 6.92 Å². The van der Waals surface area contributed by atoms with Crippen LogP contribution in [-0.2, 0) is 6.42 Å². The number of para-hydroxylation sites is 1. The molecule has 0 saturated heterocycles. The molecular formula is C20H18N2O2. The van der Waals surface area contributed by atoms with Crippen molar-refractivity contribution >= 4 is 6.29 Å². The summed E-state index contributed by atoms with van der Waals surface area (Å²) >= 11 is 0. The molecule has 1 aliphatic rings. The average Bonchev–Trinajstić information content (AvgIpc) is 3.18. The van der Waals surface area contributed by atoms with Gasteiger partial charge in [-0.2, -0.15) is 5.10 Å². The maximum atomic E-state index is 11.5. The zero-order valence-electron chi connectivity index (χ0n) is 13.7. The van der Waals surface area contributed by atoms with Crippen LogP contribution in [0.5, 0.6) is 5.75 Å². The van der Waals surface area contributed by atoms with Crippen LogP contribution in [0.25, 0.3) is 16.9 Å². The van der Waals surface area contributed by atoms with Crippen molar-refractivity contribution < 1.29 is 9.53 Å². The van der Waals surface area contributed by atoms with E-state index in [0.717, 1.165) is 35.3 Å². The average molecular weight is 318 g/mol. The number of aryl methyl sites for hydroxylation is 1. The van der Waals surface area contributed by atoms with E-state index in [0.29, 0.717) is 11.3 Å². The molecule has 24 heavy (non-hydrogen) atoms. The van der Waals surface area contributed by atoms with Crippen molar-refractivity contribution in [2.24, 2.45) is 0 Å². The summed E-state index contributed by atoms with van der Waals surface area (Å²) in [7, 11) is 0. The number of nitrogens with zero attached hydrogens (tertiary/aromatic N) is 2. The van der Waals surface area contributed by atoms with Crippen LogP contribution in [0.4, 0.5) is 0 Å². The van der Waals surface area contributed by atoms with Gasteiger partial charge in [0.05, 0.1) is 11.3 Å². The molecule has 2 heterocycles. The first kappa shape index (κ1) is 14.7. The Morgan fingerprint density at radius 2 is 2.04 bits per heavy atom. The Kier molecular flexibility index (Phi) is 3.45. The fourth-order valence-corrected chi connectivity index (χ4v) is 3.27. The third-order valence-corrected chi connectivity index (χ3v) is 4.34. The first-order valence-corrected chi connectivity index (χ1v) is 8.06. The van der Waals surface area contributed by atoms with E-state index in [4.69, 9.17) is 4.74 Å². The van der Waals surface area contributed by atoms with E-state index in [1.54, 1.807) is 10.9 Å². The number of carbonyl (C=O) groups is 1. The molecule has 0 N–H and O–H groups in total. The van der Waals surface area contributed by atoms with Gasteiger partial charge in [-0.05, 0) is 49.2 Å². The van der Waals surface area contributed by atoms with Crippen LogP contribution in [-0.4, -0.2) is 22.2 Å². The van der Waals surface area contributed by atoms with Gasteiger partial charge in [0.2, 0.25) is 0 Å². The number of ether oxygens (including phenoxy) is 1. The third kappa shape index (κ3) is 2.40. The van der Waals surface area contributed by atoms with Crippen LogP contribution in [0.1, 0.15) is 28.4 Å². The van der Waals surface area contributed by atoms with Gasteiger partial charge in [0.15, 0.2) is 6.29 Å². The molecule has 120 valence electrons. The highest BCUT2D eigenvalue weighted by atomic mass is 16.5. The number of aromatic nitrogens is 2. The Morgan fingerprint density at radius 1 is 1.25 bits per heavy atom. The molecule has 2 aromatic carbocycles. The molecule has 4 rings (SSSR count). The number of fused-ring (bicyclic) bond motifs is 1. The second-order valence-electron chi connectivity index (χ2n) is 6.25. The summed E-state index contributed by atoms with van der Waals surface area (Å²) in [6.45, 7) is 4.11. The molecule has 0 aliphatic carbocycles. The lowest BCUT2D eigenvalue weighted by atomic mass is 10.00. The molecule has 1 aromatic heterocycles. The van der Waals surface area contributed by atoms with Crippen LogP contribution in [0.3, 0.4) is 0 Å². The first-order chi connectivity index (χ1) is 11.7. The minimum absolute atomic E-state index is 0.196. The molecule has 0 fully saturated rings. The fraction of sp³-hybridized carbons (Fsp3) is 0.200. The highest BCUT2D eigenvalue weighted by Crippen LogP contribution is 2.36. The Balaban J connectivity index is 1.83. The molecule has 4 nitrogen and oxygen atoms in total. The van der Waals surface area contributed by atoms with Gasteiger partial charge in [0.1, 0.15) is 17.5 Å². The van der Waals surface area contributed by atoms with Gasteiger partial charge in [-0.25, -0.2) is 4.68 Å². The first-order valence-electron chi connectivity index (χ1n) is 8.06. The quantitative estimate of drug-likeness (QED) is 0.686. The minimum Gasteiger partial charge on any atom is -0.490 e. The Labute approximate surface area is 140 Å². The molecule has 0 bridgehead atoms. The smallest absolute Gasteiger partial charge is 0.153 e. The number of carbonyl (C=O) groups excluding carboxylic acids is 1. The van der Waals surface area contributed by atoms with Gasteiger partial charge < -0.3 is 4.74 Å². The SMILES string of the molecule is Cc1cc(-c2nn(-c3ccccc3)cc2C=O)cc2c1O[C@@H](C)C2. The summed E-state index contributed by atoms with van der Waals surface area (Å²) < 4.78 is 7.62. The molecule has 0 saturated carbocycles. The van der Waals surface area contributed by atoms with Crippen molar-refractivity contribution in [1.82, 2.24) is 9.78 Å². The number of aldehydes is 1. The van der Waals surface area contributed by atoms with Gasteiger partial charge >= 0.3 is 0 Å². The molecule has 0 radical (unpaired) electrons. The highest BCUT2D eigenvalue weighted by Gasteiger charge is 2.23. The lowest BCUT2D eigenvalue weighted by Crippen LogP contribution is -2.05. The van der Waals surface area contributed by atoms with Gasteiger partial charge in [-0.1, -0.05) is 18.2 Å². The van der Waals surface area contributed by atoms with Crippen molar-refractivity contribution in [3.8, 4) is 22.7 Å². The van der Waals surface area contributed by atoms with Crippen molar-refractivity contribution in [2.75, 3.05) is 0 Å². The lowest BCUT2D eigenvalue weighted by molar-refractivity contribution is 0.112. The lowest BCUT2D eigenvalue weighted by Gasteiger charge is -2.08. The van der Waals surface area contributed by atoms with E-state index in [-0.39, 0.29) is 6.10 Å². The molecule has 4 heteroatoms. The van der Waals surface area contributed by atoms with Gasteiger partial charge in [0.25, 0.3) is 0 Å². The molecule has 1 aliphatic heterocycles. The van der Waals surface area contributed by atoms with Gasteiger partial charge in [-0.3, -0.25) is 4.79 Å². The van der Waals surface area contributed by atoms with Crippen LogP contribution in [0.2, 0.25) is 0 Å². The predicted molar refractivity (Wildman–Crippen MR) is 92.9 cm³/mol. The van der Waals surface area contributed by atoms with Crippen LogP contribution < -0.4 is 4.74 Å². The molecule has 0 amide bonds. The molecule has 1 atom stereocenters. The molecule has 0 spiro atoms. The highest BCUT2D eigenvalue weighted by molar-refractivity contribution is 5.86. The largest absolute Gasteiger partial charge is 0.490 e. The predicted octanol–water partition coefficient (Wildman–Crippen LogP) is 3.98.